The first-order valence-electron chi connectivity index (χ1n) is 8.40. The van der Waals surface area contributed by atoms with Gasteiger partial charge < -0.3 is 10.2 Å². The van der Waals surface area contributed by atoms with E-state index in [9.17, 15) is 9.59 Å². The number of hydrogen-bond donors (Lipinski definition) is 1. The van der Waals surface area contributed by atoms with Gasteiger partial charge in [0, 0.05) is 28.8 Å². The Morgan fingerprint density at radius 1 is 1.19 bits per heavy atom. The summed E-state index contributed by atoms with van der Waals surface area (Å²) in [5.41, 5.74) is 4.51. The topological polar surface area (TPSA) is 49.4 Å². The van der Waals surface area contributed by atoms with Gasteiger partial charge in [0.25, 0.3) is 0 Å². The van der Waals surface area contributed by atoms with Crippen LogP contribution in [0.2, 0.25) is 5.02 Å². The van der Waals surface area contributed by atoms with E-state index in [4.69, 9.17) is 11.6 Å². The minimum Gasteiger partial charge on any atom is -0.325 e. The molecule has 0 bridgehead atoms. The zero-order valence-corrected chi connectivity index (χ0v) is 17.2. The molecule has 26 heavy (non-hydrogen) atoms. The Labute approximate surface area is 166 Å². The first-order chi connectivity index (χ1) is 12.3. The lowest BCUT2D eigenvalue weighted by Gasteiger charge is -2.18. The predicted octanol–water partition coefficient (Wildman–Crippen LogP) is 5.02. The van der Waals surface area contributed by atoms with Gasteiger partial charge >= 0.3 is 0 Å². The Morgan fingerprint density at radius 3 is 2.50 bits per heavy atom. The van der Waals surface area contributed by atoms with Crippen LogP contribution in [-0.4, -0.2) is 18.4 Å². The molecule has 2 amide bonds. The summed E-state index contributed by atoms with van der Waals surface area (Å²) in [5, 5.41) is 3.48. The van der Waals surface area contributed by atoms with Crippen LogP contribution in [0.25, 0.3) is 0 Å². The molecule has 2 aromatic rings. The van der Waals surface area contributed by atoms with Crippen LogP contribution in [0.4, 0.5) is 11.4 Å². The molecule has 1 atom stereocenters. The van der Waals surface area contributed by atoms with Crippen molar-refractivity contribution >= 4 is 50.7 Å². The van der Waals surface area contributed by atoms with E-state index in [-0.39, 0.29) is 24.2 Å². The Hall–Kier alpha value is -1.85. The van der Waals surface area contributed by atoms with Gasteiger partial charge in [-0.1, -0.05) is 17.7 Å². The number of nitrogens with zero attached hydrogens (tertiary/aromatic N) is 1. The van der Waals surface area contributed by atoms with Crippen LogP contribution in [0.3, 0.4) is 0 Å². The lowest BCUT2D eigenvalue weighted by molar-refractivity contribution is -0.122. The quantitative estimate of drug-likeness (QED) is 0.736. The van der Waals surface area contributed by atoms with E-state index < -0.39 is 0 Å². The molecule has 1 heterocycles. The third kappa shape index (κ3) is 3.79. The number of carbonyl (C=O) groups excluding carboxylic acids is 2. The molecule has 2 aromatic carbocycles. The normalized spacial score (nSPS) is 16.9. The fraction of sp³-hybridized carbons (Fsp3) is 0.300. The van der Waals surface area contributed by atoms with Gasteiger partial charge in [-0.05, 0) is 77.7 Å². The van der Waals surface area contributed by atoms with Crippen molar-refractivity contribution in [2.24, 2.45) is 5.92 Å². The third-order valence-electron chi connectivity index (χ3n) is 4.61. The van der Waals surface area contributed by atoms with Crippen molar-refractivity contribution in [1.29, 1.82) is 0 Å². The first kappa shape index (κ1) is 18.9. The zero-order chi connectivity index (χ0) is 19.0. The summed E-state index contributed by atoms with van der Waals surface area (Å²) in [7, 11) is 0. The smallest absolute Gasteiger partial charge is 0.229 e. The summed E-state index contributed by atoms with van der Waals surface area (Å²) >= 11 is 9.59. The summed E-state index contributed by atoms with van der Waals surface area (Å²) in [6.45, 7) is 6.24. The Balaban J connectivity index is 1.76. The molecule has 0 saturated carbocycles. The molecule has 0 spiro atoms. The third-order valence-corrected chi connectivity index (χ3v) is 5.99. The second-order valence-electron chi connectivity index (χ2n) is 6.77. The number of aryl methyl sites for hydroxylation is 2. The summed E-state index contributed by atoms with van der Waals surface area (Å²) in [6.07, 6.45) is 0.210. The molecule has 1 aliphatic heterocycles. The molecule has 0 unspecified atom stereocenters. The van der Waals surface area contributed by atoms with Gasteiger partial charge in [-0.2, -0.15) is 0 Å². The highest BCUT2D eigenvalue weighted by atomic mass is 79.9. The lowest BCUT2D eigenvalue weighted by Crippen LogP contribution is -2.28. The number of carbonyl (C=O) groups is 2. The standard InChI is InChI=1S/C20H20BrClN2O2/c1-11-6-12(2)8-15(7-11)24-10-14(9-18(24)25)20(26)23-17-5-4-16(21)19(22)13(17)3/h4-8,14H,9-10H2,1-3H3,(H,23,26)/t14-/m1/s1. The average molecular weight is 436 g/mol. The van der Waals surface area contributed by atoms with Crippen molar-refractivity contribution in [1.82, 2.24) is 0 Å². The number of anilines is 2. The highest BCUT2D eigenvalue weighted by Crippen LogP contribution is 2.32. The molecule has 1 saturated heterocycles. The zero-order valence-electron chi connectivity index (χ0n) is 14.9. The van der Waals surface area contributed by atoms with Crippen LogP contribution in [0.1, 0.15) is 23.1 Å². The van der Waals surface area contributed by atoms with Gasteiger partial charge in [0.1, 0.15) is 0 Å². The maximum absolute atomic E-state index is 12.7. The molecule has 6 heteroatoms. The van der Waals surface area contributed by atoms with Crippen molar-refractivity contribution < 1.29 is 9.59 Å². The van der Waals surface area contributed by atoms with Crippen LogP contribution in [0.15, 0.2) is 34.8 Å². The number of nitrogens with one attached hydrogen (secondary N) is 1. The summed E-state index contributed by atoms with van der Waals surface area (Å²) in [4.78, 5) is 26.8. The van der Waals surface area contributed by atoms with Crippen molar-refractivity contribution in [2.75, 3.05) is 16.8 Å². The predicted molar refractivity (Wildman–Crippen MR) is 109 cm³/mol. The molecular weight excluding hydrogens is 416 g/mol. The number of hydrogen-bond acceptors (Lipinski definition) is 2. The van der Waals surface area contributed by atoms with Crippen LogP contribution < -0.4 is 10.2 Å². The fourth-order valence-corrected chi connectivity index (χ4v) is 3.86. The van der Waals surface area contributed by atoms with Crippen LogP contribution in [0, 0.1) is 26.7 Å². The fourth-order valence-electron chi connectivity index (χ4n) is 3.26. The minimum atomic E-state index is -0.384. The van der Waals surface area contributed by atoms with Gasteiger partial charge in [0.15, 0.2) is 0 Å². The highest BCUT2D eigenvalue weighted by Gasteiger charge is 2.35. The SMILES string of the molecule is Cc1cc(C)cc(N2C[C@H](C(=O)Nc3ccc(Br)c(Cl)c3C)CC2=O)c1. The summed E-state index contributed by atoms with van der Waals surface area (Å²) in [6, 6.07) is 9.62. The molecular formula is C20H20BrClN2O2. The minimum absolute atomic E-state index is 0.0271. The molecule has 1 fully saturated rings. The van der Waals surface area contributed by atoms with Gasteiger partial charge in [0.05, 0.1) is 10.9 Å². The van der Waals surface area contributed by atoms with Crippen molar-refractivity contribution in [3.05, 3.63) is 56.5 Å². The molecule has 0 radical (unpaired) electrons. The highest BCUT2D eigenvalue weighted by molar-refractivity contribution is 9.10. The average Bonchev–Trinajstić information content (AvgIpc) is 2.96. The second kappa shape index (κ2) is 7.41. The number of rotatable bonds is 3. The molecule has 0 aromatic heterocycles. The second-order valence-corrected chi connectivity index (χ2v) is 8.01. The summed E-state index contributed by atoms with van der Waals surface area (Å²) < 4.78 is 0.784. The maximum Gasteiger partial charge on any atom is 0.229 e. The van der Waals surface area contributed by atoms with E-state index in [1.807, 2.05) is 39.0 Å². The van der Waals surface area contributed by atoms with Gasteiger partial charge in [-0.25, -0.2) is 0 Å². The van der Waals surface area contributed by atoms with E-state index in [1.54, 1.807) is 11.0 Å². The molecule has 1 aliphatic rings. The first-order valence-corrected chi connectivity index (χ1v) is 9.57. The number of halogens is 2. The Kier molecular flexibility index (Phi) is 5.39. The van der Waals surface area contributed by atoms with Crippen molar-refractivity contribution in [3.8, 4) is 0 Å². The molecule has 4 nitrogen and oxygen atoms in total. The maximum atomic E-state index is 12.7. The van der Waals surface area contributed by atoms with E-state index in [0.717, 1.165) is 26.9 Å². The Morgan fingerprint density at radius 2 is 1.85 bits per heavy atom. The van der Waals surface area contributed by atoms with Crippen LogP contribution in [0.5, 0.6) is 0 Å². The molecule has 3 rings (SSSR count). The largest absolute Gasteiger partial charge is 0.325 e. The molecule has 136 valence electrons. The van der Waals surface area contributed by atoms with E-state index in [0.29, 0.717) is 17.3 Å². The van der Waals surface area contributed by atoms with E-state index >= 15 is 0 Å². The number of amides is 2. The lowest BCUT2D eigenvalue weighted by atomic mass is 10.1. The van der Waals surface area contributed by atoms with Crippen molar-refractivity contribution in [2.45, 2.75) is 27.2 Å². The van der Waals surface area contributed by atoms with Gasteiger partial charge in [0.2, 0.25) is 11.8 Å². The van der Waals surface area contributed by atoms with Gasteiger partial charge in [-0.3, -0.25) is 9.59 Å². The Bertz CT molecular complexity index is 877. The van der Waals surface area contributed by atoms with Gasteiger partial charge in [-0.15, -0.1) is 0 Å². The summed E-state index contributed by atoms with van der Waals surface area (Å²) in [5.74, 6) is -0.572. The monoisotopic (exact) mass is 434 g/mol. The number of benzene rings is 2. The molecule has 0 aliphatic carbocycles. The van der Waals surface area contributed by atoms with Crippen molar-refractivity contribution in [3.63, 3.8) is 0 Å². The van der Waals surface area contributed by atoms with Crippen LogP contribution >= 0.6 is 27.5 Å². The van der Waals surface area contributed by atoms with E-state index in [1.165, 1.54) is 0 Å². The van der Waals surface area contributed by atoms with E-state index in [2.05, 4.69) is 27.3 Å². The van der Waals surface area contributed by atoms with Crippen LogP contribution in [-0.2, 0) is 9.59 Å². The molecule has 1 N–H and O–H groups in total.